The Kier molecular flexibility index (Phi) is 4.38. The second-order valence-corrected chi connectivity index (χ2v) is 6.44. The summed E-state index contributed by atoms with van der Waals surface area (Å²) in [6.45, 7) is 5.40. The van der Waals surface area contributed by atoms with Crippen LogP contribution in [0.5, 0.6) is 0 Å². The molecule has 2 aliphatic rings. The van der Waals surface area contributed by atoms with Crippen molar-refractivity contribution < 1.29 is 0 Å². The topological polar surface area (TPSA) is 41.6 Å². The fraction of sp³-hybridized carbons (Fsp3) is 0.917. The minimum Gasteiger partial charge on any atom is -0.370 e. The van der Waals surface area contributed by atoms with Crippen LogP contribution in [-0.4, -0.2) is 41.5 Å². The Labute approximate surface area is 103 Å². The number of thioether (sulfide) groups is 1. The Hall–Kier alpha value is -0.380. The predicted molar refractivity (Wildman–Crippen MR) is 71.9 cm³/mol. The molecule has 0 aromatic carbocycles. The van der Waals surface area contributed by atoms with E-state index in [9.17, 15) is 0 Å². The SMILES string of the molecule is CC1CCCN(C(N)=NCC2CCCS2)C1. The Morgan fingerprint density at radius 1 is 1.44 bits per heavy atom. The lowest BCUT2D eigenvalue weighted by Gasteiger charge is -2.31. The first-order chi connectivity index (χ1) is 7.75. The summed E-state index contributed by atoms with van der Waals surface area (Å²) in [5.41, 5.74) is 6.06. The highest BCUT2D eigenvalue weighted by molar-refractivity contribution is 8.00. The molecule has 2 fully saturated rings. The molecule has 0 radical (unpaired) electrons. The molecule has 0 aromatic heterocycles. The normalized spacial score (nSPS) is 32.1. The van der Waals surface area contributed by atoms with Crippen LogP contribution in [0.3, 0.4) is 0 Å². The fourth-order valence-electron chi connectivity index (χ4n) is 2.48. The summed E-state index contributed by atoms with van der Waals surface area (Å²) in [5.74, 6) is 2.85. The van der Waals surface area contributed by atoms with E-state index in [0.717, 1.165) is 36.8 Å². The number of guanidine groups is 1. The summed E-state index contributed by atoms with van der Waals surface area (Å²) in [4.78, 5) is 6.82. The van der Waals surface area contributed by atoms with Gasteiger partial charge in [-0.2, -0.15) is 11.8 Å². The molecular formula is C12H23N3S. The number of nitrogens with zero attached hydrogens (tertiary/aromatic N) is 2. The van der Waals surface area contributed by atoms with E-state index in [1.165, 1.54) is 31.4 Å². The summed E-state index contributed by atoms with van der Waals surface area (Å²) >= 11 is 2.05. The summed E-state index contributed by atoms with van der Waals surface area (Å²) in [6.07, 6.45) is 5.27. The van der Waals surface area contributed by atoms with Gasteiger partial charge in [0.25, 0.3) is 0 Å². The smallest absolute Gasteiger partial charge is 0.191 e. The van der Waals surface area contributed by atoms with Crippen molar-refractivity contribution in [3.05, 3.63) is 0 Å². The van der Waals surface area contributed by atoms with Crippen molar-refractivity contribution in [2.75, 3.05) is 25.4 Å². The first-order valence-electron chi connectivity index (χ1n) is 6.42. The molecule has 2 heterocycles. The zero-order valence-corrected chi connectivity index (χ0v) is 11.0. The second kappa shape index (κ2) is 5.80. The maximum Gasteiger partial charge on any atom is 0.191 e. The van der Waals surface area contributed by atoms with E-state index >= 15 is 0 Å². The molecule has 4 heteroatoms. The molecule has 16 heavy (non-hydrogen) atoms. The van der Waals surface area contributed by atoms with E-state index in [1.54, 1.807) is 0 Å². The summed E-state index contributed by atoms with van der Waals surface area (Å²) in [7, 11) is 0. The molecule has 0 bridgehead atoms. The number of likely N-dealkylation sites (tertiary alicyclic amines) is 1. The molecule has 2 saturated heterocycles. The van der Waals surface area contributed by atoms with E-state index in [2.05, 4.69) is 28.6 Å². The first-order valence-corrected chi connectivity index (χ1v) is 7.47. The average molecular weight is 241 g/mol. The summed E-state index contributed by atoms with van der Waals surface area (Å²) in [6, 6.07) is 0. The molecule has 2 unspecified atom stereocenters. The third kappa shape index (κ3) is 3.30. The summed E-state index contributed by atoms with van der Waals surface area (Å²) < 4.78 is 0. The van der Waals surface area contributed by atoms with Gasteiger partial charge in [0.15, 0.2) is 5.96 Å². The van der Waals surface area contributed by atoms with E-state index in [-0.39, 0.29) is 0 Å². The summed E-state index contributed by atoms with van der Waals surface area (Å²) in [5, 5.41) is 0.723. The standard InChI is InChI=1S/C12H23N3S/c1-10-4-2-6-15(9-10)12(13)14-8-11-5-3-7-16-11/h10-11H,2-9H2,1H3,(H2,13,14). The van der Waals surface area contributed by atoms with Crippen LogP contribution in [0.2, 0.25) is 0 Å². The average Bonchev–Trinajstić information content (AvgIpc) is 2.78. The monoisotopic (exact) mass is 241 g/mol. The van der Waals surface area contributed by atoms with Gasteiger partial charge in [-0.1, -0.05) is 6.92 Å². The lowest BCUT2D eigenvalue weighted by atomic mass is 10.0. The van der Waals surface area contributed by atoms with Crippen molar-refractivity contribution in [1.82, 2.24) is 4.90 Å². The van der Waals surface area contributed by atoms with Gasteiger partial charge < -0.3 is 10.6 Å². The molecule has 3 nitrogen and oxygen atoms in total. The number of aliphatic imine (C=N–C) groups is 1. The van der Waals surface area contributed by atoms with Crippen LogP contribution in [0.4, 0.5) is 0 Å². The Bertz CT molecular complexity index is 249. The Morgan fingerprint density at radius 2 is 2.31 bits per heavy atom. The van der Waals surface area contributed by atoms with Crippen molar-refractivity contribution in [2.24, 2.45) is 16.6 Å². The molecule has 0 saturated carbocycles. The van der Waals surface area contributed by atoms with Crippen LogP contribution in [0.1, 0.15) is 32.6 Å². The van der Waals surface area contributed by atoms with Gasteiger partial charge in [0.1, 0.15) is 0 Å². The van der Waals surface area contributed by atoms with Crippen molar-refractivity contribution in [3.8, 4) is 0 Å². The highest BCUT2D eigenvalue weighted by atomic mass is 32.2. The Morgan fingerprint density at radius 3 is 3.00 bits per heavy atom. The van der Waals surface area contributed by atoms with Gasteiger partial charge >= 0.3 is 0 Å². The van der Waals surface area contributed by atoms with E-state index < -0.39 is 0 Å². The third-order valence-electron chi connectivity index (χ3n) is 3.46. The second-order valence-electron chi connectivity index (χ2n) is 5.03. The van der Waals surface area contributed by atoms with E-state index in [0.29, 0.717) is 0 Å². The predicted octanol–water partition coefficient (Wildman–Crippen LogP) is 1.93. The molecule has 2 rings (SSSR count). The van der Waals surface area contributed by atoms with Gasteiger partial charge in [-0.25, -0.2) is 0 Å². The van der Waals surface area contributed by atoms with Crippen LogP contribution in [0.15, 0.2) is 4.99 Å². The highest BCUT2D eigenvalue weighted by Crippen LogP contribution is 2.26. The van der Waals surface area contributed by atoms with Crippen molar-refractivity contribution in [2.45, 2.75) is 37.9 Å². The van der Waals surface area contributed by atoms with Crippen molar-refractivity contribution >= 4 is 17.7 Å². The molecule has 2 aliphatic heterocycles. The molecule has 0 aliphatic carbocycles. The number of hydrogen-bond donors (Lipinski definition) is 1. The molecule has 0 aromatic rings. The van der Waals surface area contributed by atoms with Crippen molar-refractivity contribution in [3.63, 3.8) is 0 Å². The van der Waals surface area contributed by atoms with Crippen LogP contribution in [0.25, 0.3) is 0 Å². The van der Waals surface area contributed by atoms with Gasteiger partial charge in [-0.05, 0) is 37.4 Å². The minimum absolute atomic E-state index is 0.723. The molecular weight excluding hydrogens is 218 g/mol. The zero-order chi connectivity index (χ0) is 11.4. The van der Waals surface area contributed by atoms with E-state index in [1.807, 2.05) is 0 Å². The molecule has 92 valence electrons. The number of nitrogens with two attached hydrogens (primary N) is 1. The maximum atomic E-state index is 6.06. The lowest BCUT2D eigenvalue weighted by molar-refractivity contribution is 0.270. The molecule has 2 N–H and O–H groups in total. The molecule has 0 spiro atoms. The third-order valence-corrected chi connectivity index (χ3v) is 4.84. The van der Waals surface area contributed by atoms with Gasteiger partial charge in [-0.3, -0.25) is 4.99 Å². The van der Waals surface area contributed by atoms with Crippen LogP contribution < -0.4 is 5.73 Å². The number of rotatable bonds is 2. The molecule has 2 atom stereocenters. The highest BCUT2D eigenvalue weighted by Gasteiger charge is 2.19. The van der Waals surface area contributed by atoms with E-state index in [4.69, 9.17) is 5.73 Å². The zero-order valence-electron chi connectivity index (χ0n) is 10.2. The quantitative estimate of drug-likeness (QED) is 0.593. The number of piperidine rings is 1. The fourth-order valence-corrected chi connectivity index (χ4v) is 3.66. The lowest BCUT2D eigenvalue weighted by Crippen LogP contribution is -2.43. The van der Waals surface area contributed by atoms with Crippen LogP contribution in [-0.2, 0) is 0 Å². The minimum atomic E-state index is 0.723. The number of hydrogen-bond acceptors (Lipinski definition) is 2. The van der Waals surface area contributed by atoms with Crippen LogP contribution in [0, 0.1) is 5.92 Å². The van der Waals surface area contributed by atoms with Crippen molar-refractivity contribution in [1.29, 1.82) is 0 Å². The van der Waals surface area contributed by atoms with Gasteiger partial charge in [0.2, 0.25) is 0 Å². The Balaban J connectivity index is 1.80. The first kappa shape index (κ1) is 12.1. The van der Waals surface area contributed by atoms with Gasteiger partial charge in [0.05, 0.1) is 6.54 Å². The maximum absolute atomic E-state index is 6.06. The van der Waals surface area contributed by atoms with Gasteiger partial charge in [-0.15, -0.1) is 0 Å². The largest absolute Gasteiger partial charge is 0.370 e. The molecule has 0 amide bonds. The van der Waals surface area contributed by atoms with Gasteiger partial charge in [0, 0.05) is 18.3 Å². The van der Waals surface area contributed by atoms with Crippen LogP contribution >= 0.6 is 11.8 Å².